The number of benzene rings is 2. The molecule has 1 aliphatic carbocycles. The third-order valence-corrected chi connectivity index (χ3v) is 6.54. The number of rotatable bonds is 9. The number of likely N-dealkylation sites (N-methyl/N-ethyl adjacent to an activating group) is 1. The molecule has 4 nitrogen and oxygen atoms in total. The number of hydrogen-bond acceptors (Lipinski definition) is 4. The van der Waals surface area contributed by atoms with Crippen LogP contribution in [-0.4, -0.2) is 31.6 Å². The minimum absolute atomic E-state index is 0.109. The van der Waals surface area contributed by atoms with Crippen LogP contribution in [0.2, 0.25) is 0 Å². The summed E-state index contributed by atoms with van der Waals surface area (Å²) in [6.07, 6.45) is 6.08. The van der Waals surface area contributed by atoms with E-state index in [1.807, 2.05) is 25.2 Å². The van der Waals surface area contributed by atoms with Gasteiger partial charge in [-0.2, -0.15) is 0 Å². The van der Waals surface area contributed by atoms with Crippen molar-refractivity contribution in [3.8, 4) is 0 Å². The monoisotopic (exact) mass is 420 g/mol. The summed E-state index contributed by atoms with van der Waals surface area (Å²) < 4.78 is 15.0. The average Bonchev–Trinajstić information content (AvgIpc) is 3.51. The second kappa shape index (κ2) is 9.15. The van der Waals surface area contributed by atoms with Crippen LogP contribution in [0.25, 0.3) is 0 Å². The van der Waals surface area contributed by atoms with Crippen molar-refractivity contribution in [1.82, 2.24) is 10.2 Å². The van der Waals surface area contributed by atoms with Gasteiger partial charge in [-0.25, -0.2) is 4.39 Å². The van der Waals surface area contributed by atoms with E-state index in [0.29, 0.717) is 5.92 Å². The first-order valence-corrected chi connectivity index (χ1v) is 11.2. The molecule has 0 radical (unpaired) electrons. The lowest BCUT2D eigenvalue weighted by Crippen LogP contribution is -2.35. The van der Waals surface area contributed by atoms with Gasteiger partial charge in [0.1, 0.15) is 5.82 Å². The third-order valence-electron chi connectivity index (χ3n) is 6.54. The maximum absolute atomic E-state index is 15.0. The Morgan fingerprint density at radius 1 is 1.23 bits per heavy atom. The van der Waals surface area contributed by atoms with Crippen LogP contribution in [0.3, 0.4) is 0 Å². The molecule has 4 rings (SSSR count). The molecule has 0 spiro atoms. The molecule has 164 valence electrons. The Morgan fingerprint density at radius 2 is 2.03 bits per heavy atom. The van der Waals surface area contributed by atoms with E-state index < -0.39 is 0 Å². The van der Waals surface area contributed by atoms with Crippen molar-refractivity contribution in [3.63, 3.8) is 0 Å². The van der Waals surface area contributed by atoms with Crippen molar-refractivity contribution >= 4 is 11.4 Å². The van der Waals surface area contributed by atoms with Crippen molar-refractivity contribution in [2.75, 3.05) is 31.3 Å². The number of nitrogens with one attached hydrogen (secondary N) is 3. The van der Waals surface area contributed by atoms with E-state index >= 15 is 4.39 Å². The van der Waals surface area contributed by atoms with Gasteiger partial charge >= 0.3 is 0 Å². The molecule has 2 aromatic rings. The summed E-state index contributed by atoms with van der Waals surface area (Å²) in [6.45, 7) is 9.24. The van der Waals surface area contributed by atoms with E-state index in [-0.39, 0.29) is 17.9 Å². The molecule has 2 aliphatic rings. The molecule has 0 aromatic heterocycles. The van der Waals surface area contributed by atoms with Crippen LogP contribution >= 0.6 is 0 Å². The van der Waals surface area contributed by atoms with E-state index in [2.05, 4.69) is 53.2 Å². The molecular formula is C26H33FN4. The normalized spacial score (nSPS) is 19.6. The first-order chi connectivity index (χ1) is 15.0. The molecule has 5 heteroatoms. The van der Waals surface area contributed by atoms with E-state index in [9.17, 15) is 0 Å². The van der Waals surface area contributed by atoms with Crippen molar-refractivity contribution in [2.45, 2.75) is 43.7 Å². The predicted molar refractivity (Wildman–Crippen MR) is 128 cm³/mol. The number of nitrogens with zero attached hydrogens (tertiary/aromatic N) is 1. The van der Waals surface area contributed by atoms with E-state index in [1.54, 1.807) is 12.3 Å². The second-order valence-corrected chi connectivity index (χ2v) is 8.66. The van der Waals surface area contributed by atoms with Crippen LogP contribution in [0, 0.1) is 5.82 Å². The van der Waals surface area contributed by atoms with Crippen LogP contribution in [0.15, 0.2) is 61.5 Å². The van der Waals surface area contributed by atoms with Gasteiger partial charge in [0.2, 0.25) is 0 Å². The standard InChI is InChI=1S/C26H33FN4/c1-5-29-23-9-6-8-21(26(23)28-3)25(30-17(2)24-10-7-15-31(24)4)19-13-14-20(18-11-12-18)22(27)16-19/h5-6,8-9,13-14,16,18,24-25,28-30H,1-2,7,10-12,15H2,3-4H3. The Hall–Kier alpha value is -2.79. The highest BCUT2D eigenvalue weighted by atomic mass is 19.1. The third kappa shape index (κ3) is 4.47. The van der Waals surface area contributed by atoms with E-state index in [4.69, 9.17) is 0 Å². The highest BCUT2D eigenvalue weighted by Crippen LogP contribution is 2.42. The molecule has 1 aliphatic heterocycles. The van der Waals surface area contributed by atoms with Gasteiger partial charge in [-0.3, -0.25) is 4.90 Å². The number of halogens is 1. The quantitative estimate of drug-likeness (QED) is 0.495. The zero-order valence-corrected chi connectivity index (χ0v) is 18.5. The lowest BCUT2D eigenvalue weighted by atomic mass is 9.93. The lowest BCUT2D eigenvalue weighted by Gasteiger charge is -2.30. The fourth-order valence-electron chi connectivity index (χ4n) is 4.74. The summed E-state index contributed by atoms with van der Waals surface area (Å²) in [5.74, 6) is 0.275. The Kier molecular flexibility index (Phi) is 6.33. The molecule has 31 heavy (non-hydrogen) atoms. The van der Waals surface area contributed by atoms with Crippen LogP contribution in [0.1, 0.15) is 54.3 Å². The number of anilines is 2. The smallest absolute Gasteiger partial charge is 0.127 e. The number of para-hydroxylation sites is 1. The predicted octanol–water partition coefficient (Wildman–Crippen LogP) is 5.59. The Balaban J connectivity index is 1.74. The largest absolute Gasteiger partial charge is 0.386 e. The molecule has 0 bridgehead atoms. The zero-order chi connectivity index (χ0) is 22.0. The molecule has 2 unspecified atom stereocenters. The van der Waals surface area contributed by atoms with Gasteiger partial charge in [-0.05, 0) is 74.7 Å². The molecule has 0 amide bonds. The minimum atomic E-state index is -0.224. The molecule has 2 fully saturated rings. The van der Waals surface area contributed by atoms with Gasteiger partial charge in [0.25, 0.3) is 0 Å². The summed E-state index contributed by atoms with van der Waals surface area (Å²) in [6, 6.07) is 11.9. The Bertz CT molecular complexity index is 966. The minimum Gasteiger partial charge on any atom is -0.386 e. The maximum Gasteiger partial charge on any atom is 0.127 e. The molecular weight excluding hydrogens is 387 g/mol. The summed E-state index contributed by atoms with van der Waals surface area (Å²) >= 11 is 0. The van der Waals surface area contributed by atoms with Gasteiger partial charge in [-0.1, -0.05) is 37.4 Å². The summed E-state index contributed by atoms with van der Waals surface area (Å²) in [7, 11) is 4.04. The van der Waals surface area contributed by atoms with Gasteiger partial charge in [-0.15, -0.1) is 0 Å². The fourth-order valence-corrected chi connectivity index (χ4v) is 4.74. The molecule has 3 N–H and O–H groups in total. The zero-order valence-electron chi connectivity index (χ0n) is 18.5. The SMILES string of the molecule is C=CNc1cccc(C(NC(=C)C2CCCN2C)c2ccc(C3CC3)c(F)c2)c1NC. The molecule has 2 atom stereocenters. The first kappa shape index (κ1) is 21.4. The molecule has 1 heterocycles. The van der Waals surface area contributed by atoms with Crippen molar-refractivity contribution in [1.29, 1.82) is 0 Å². The maximum atomic E-state index is 15.0. The average molecular weight is 421 g/mol. The second-order valence-electron chi connectivity index (χ2n) is 8.66. The van der Waals surface area contributed by atoms with Crippen LogP contribution in [0.4, 0.5) is 15.8 Å². The van der Waals surface area contributed by atoms with Crippen LogP contribution in [-0.2, 0) is 0 Å². The number of hydrogen-bond donors (Lipinski definition) is 3. The van der Waals surface area contributed by atoms with Crippen molar-refractivity contribution < 1.29 is 4.39 Å². The van der Waals surface area contributed by atoms with E-state index in [1.165, 1.54) is 0 Å². The summed E-state index contributed by atoms with van der Waals surface area (Å²) in [4.78, 5) is 2.33. The Morgan fingerprint density at radius 3 is 2.65 bits per heavy atom. The van der Waals surface area contributed by atoms with Crippen molar-refractivity contribution in [3.05, 3.63) is 84.0 Å². The topological polar surface area (TPSA) is 39.3 Å². The highest BCUT2D eigenvalue weighted by molar-refractivity contribution is 5.74. The van der Waals surface area contributed by atoms with E-state index in [0.717, 1.165) is 66.0 Å². The fraction of sp³-hybridized carbons (Fsp3) is 0.385. The molecule has 1 saturated heterocycles. The first-order valence-electron chi connectivity index (χ1n) is 11.2. The lowest BCUT2D eigenvalue weighted by molar-refractivity contribution is 0.331. The van der Waals surface area contributed by atoms with Crippen LogP contribution in [0.5, 0.6) is 0 Å². The summed E-state index contributed by atoms with van der Waals surface area (Å²) in [5.41, 5.74) is 5.64. The van der Waals surface area contributed by atoms with Crippen molar-refractivity contribution in [2.24, 2.45) is 0 Å². The summed E-state index contributed by atoms with van der Waals surface area (Å²) in [5, 5.41) is 10.2. The van der Waals surface area contributed by atoms with Gasteiger partial charge in [0, 0.05) is 24.4 Å². The van der Waals surface area contributed by atoms with Gasteiger partial charge in [0.15, 0.2) is 0 Å². The molecule has 2 aromatic carbocycles. The Labute approximate surface area is 185 Å². The number of likely N-dealkylation sites (tertiary alicyclic amines) is 1. The van der Waals surface area contributed by atoms with Crippen LogP contribution < -0.4 is 16.0 Å². The van der Waals surface area contributed by atoms with Gasteiger partial charge in [0.05, 0.1) is 17.4 Å². The van der Waals surface area contributed by atoms with Gasteiger partial charge < -0.3 is 16.0 Å². The highest BCUT2D eigenvalue weighted by Gasteiger charge is 2.29. The molecule has 1 saturated carbocycles.